The van der Waals surface area contributed by atoms with Gasteiger partial charge in [-0.15, -0.1) is 0 Å². The van der Waals surface area contributed by atoms with Crippen molar-refractivity contribution in [3.8, 4) is 0 Å². The number of aliphatic hydroxyl groups is 3. The van der Waals surface area contributed by atoms with E-state index >= 15 is 0 Å². The molecule has 0 spiro atoms. The average Bonchev–Trinajstić information content (AvgIpc) is 3.07. The second kappa shape index (κ2) is 6.38. The molecular formula is C16H23N5O5. The van der Waals surface area contributed by atoms with Crippen molar-refractivity contribution in [2.45, 2.75) is 50.7 Å². The number of carbonyl (C=O) groups is 1. The number of hydrogen-bond donors (Lipinski definition) is 5. The molecule has 0 bridgehead atoms. The number of aliphatic hydroxyl groups excluding tert-OH is 3. The number of aromatic nitrogens is 3. The summed E-state index contributed by atoms with van der Waals surface area (Å²) in [4.78, 5) is 24.9. The normalized spacial score (nSPS) is 26.5. The molecule has 0 aliphatic carbocycles. The van der Waals surface area contributed by atoms with Gasteiger partial charge in [-0.3, -0.25) is 4.90 Å². The molecular weight excluding hydrogens is 342 g/mol. The number of hydrogen-bond acceptors (Lipinski definition) is 8. The number of nitrogens with two attached hydrogens (primary N) is 1. The monoisotopic (exact) mass is 365 g/mol. The fourth-order valence-electron chi connectivity index (χ4n) is 3.25. The van der Waals surface area contributed by atoms with Crippen LogP contribution in [0.15, 0.2) is 12.5 Å². The van der Waals surface area contributed by atoms with Crippen LogP contribution in [-0.4, -0.2) is 71.7 Å². The largest absolute Gasteiger partial charge is 0.444 e. The molecule has 142 valence electrons. The van der Waals surface area contributed by atoms with Gasteiger partial charge in [-0.1, -0.05) is 0 Å². The lowest BCUT2D eigenvalue weighted by Crippen LogP contribution is -2.45. The number of amides is 1. The van der Waals surface area contributed by atoms with Gasteiger partial charge in [-0.25, -0.2) is 14.8 Å². The molecule has 1 fully saturated rings. The number of ether oxygens (including phenoxy) is 1. The summed E-state index contributed by atoms with van der Waals surface area (Å²) in [5, 5.41) is 30.6. The molecule has 4 atom stereocenters. The third kappa shape index (κ3) is 2.96. The molecule has 3 heterocycles. The summed E-state index contributed by atoms with van der Waals surface area (Å²) in [6.45, 7) is 4.58. The standard InChI is InChI=1S/C16H23N5O5/c1-16(2,3)26-15(25)21-8(5-22)12(23)13(24)11(21)7-4-18-10-9(7)19-6-20-14(10)17/h4,6,8,11-13,18,22-24H,5H2,1-3H3,(H2,17,19,20)/t8-,11-,12-,13-/m1/s1. The third-order valence-electron chi connectivity index (χ3n) is 4.36. The number of fused-ring (bicyclic) bond motifs is 1. The van der Waals surface area contributed by atoms with E-state index in [4.69, 9.17) is 10.5 Å². The predicted molar refractivity (Wildman–Crippen MR) is 92.0 cm³/mol. The fourth-order valence-corrected chi connectivity index (χ4v) is 3.25. The lowest BCUT2D eigenvalue weighted by atomic mass is 10.0. The van der Waals surface area contributed by atoms with Gasteiger partial charge in [0.25, 0.3) is 0 Å². The van der Waals surface area contributed by atoms with E-state index < -0.39 is 42.6 Å². The van der Waals surface area contributed by atoms with Crippen LogP contribution in [0.1, 0.15) is 32.4 Å². The van der Waals surface area contributed by atoms with E-state index in [9.17, 15) is 20.1 Å². The Hall–Kier alpha value is -2.43. The summed E-state index contributed by atoms with van der Waals surface area (Å²) in [5.41, 5.74) is 6.36. The molecule has 0 saturated carbocycles. The minimum Gasteiger partial charge on any atom is -0.444 e. The third-order valence-corrected chi connectivity index (χ3v) is 4.36. The summed E-state index contributed by atoms with van der Waals surface area (Å²) >= 11 is 0. The first-order chi connectivity index (χ1) is 12.2. The molecule has 0 aromatic carbocycles. The summed E-state index contributed by atoms with van der Waals surface area (Å²) < 4.78 is 5.40. The van der Waals surface area contributed by atoms with E-state index in [2.05, 4.69) is 15.0 Å². The lowest BCUT2D eigenvalue weighted by Gasteiger charge is -2.32. The van der Waals surface area contributed by atoms with Crippen LogP contribution in [0.4, 0.5) is 10.6 Å². The molecule has 1 amide bonds. The highest BCUT2D eigenvalue weighted by molar-refractivity contribution is 5.88. The van der Waals surface area contributed by atoms with Crippen molar-refractivity contribution in [3.63, 3.8) is 0 Å². The zero-order valence-corrected chi connectivity index (χ0v) is 14.7. The fraction of sp³-hybridized carbons (Fsp3) is 0.562. The molecule has 3 rings (SSSR count). The van der Waals surface area contributed by atoms with Crippen molar-refractivity contribution >= 4 is 22.9 Å². The molecule has 10 heteroatoms. The predicted octanol–water partition coefficient (Wildman–Crippen LogP) is -0.0854. The number of rotatable bonds is 2. The molecule has 2 aromatic rings. The van der Waals surface area contributed by atoms with Gasteiger partial charge in [0.15, 0.2) is 5.82 Å². The number of nitrogens with zero attached hydrogens (tertiary/aromatic N) is 3. The maximum Gasteiger partial charge on any atom is 0.411 e. The first-order valence-corrected chi connectivity index (χ1v) is 8.21. The molecule has 6 N–H and O–H groups in total. The van der Waals surface area contributed by atoms with Gasteiger partial charge in [0.2, 0.25) is 0 Å². The minimum absolute atomic E-state index is 0.219. The Balaban J connectivity index is 2.09. The van der Waals surface area contributed by atoms with E-state index in [1.165, 1.54) is 6.33 Å². The van der Waals surface area contributed by atoms with Crippen LogP contribution in [-0.2, 0) is 4.74 Å². The minimum atomic E-state index is -1.35. The topological polar surface area (TPSA) is 158 Å². The highest BCUT2D eigenvalue weighted by Crippen LogP contribution is 2.40. The van der Waals surface area contributed by atoms with Crippen molar-refractivity contribution in [2.24, 2.45) is 0 Å². The summed E-state index contributed by atoms with van der Waals surface area (Å²) in [7, 11) is 0. The van der Waals surface area contributed by atoms with Gasteiger partial charge in [0.1, 0.15) is 29.7 Å². The zero-order chi connectivity index (χ0) is 19.2. The van der Waals surface area contributed by atoms with Crippen LogP contribution in [0.3, 0.4) is 0 Å². The number of nitrogen functional groups attached to an aromatic ring is 1. The van der Waals surface area contributed by atoms with Crippen LogP contribution < -0.4 is 5.73 Å². The molecule has 10 nitrogen and oxygen atoms in total. The van der Waals surface area contributed by atoms with Crippen LogP contribution in [0, 0.1) is 0 Å². The van der Waals surface area contributed by atoms with E-state index in [0.717, 1.165) is 4.90 Å². The Labute approximate surface area is 149 Å². The van der Waals surface area contributed by atoms with Gasteiger partial charge < -0.3 is 30.8 Å². The maximum absolute atomic E-state index is 12.7. The van der Waals surface area contributed by atoms with Crippen molar-refractivity contribution < 1.29 is 24.9 Å². The van der Waals surface area contributed by atoms with Gasteiger partial charge >= 0.3 is 6.09 Å². The SMILES string of the molecule is CC(C)(C)OC(=O)N1[C@H](CO)[C@@H](O)[C@H](O)[C@H]1c1c[nH]c2c(N)ncnc12. The molecule has 1 saturated heterocycles. The first kappa shape index (κ1) is 18.4. The number of nitrogens with one attached hydrogen (secondary N) is 1. The number of anilines is 1. The van der Waals surface area contributed by atoms with Crippen molar-refractivity contribution in [1.29, 1.82) is 0 Å². The molecule has 0 unspecified atom stereocenters. The highest BCUT2D eigenvalue weighted by atomic mass is 16.6. The van der Waals surface area contributed by atoms with Crippen LogP contribution in [0.5, 0.6) is 0 Å². The quantitative estimate of drug-likeness (QED) is 0.494. The summed E-state index contributed by atoms with van der Waals surface area (Å²) in [6, 6.07) is -1.99. The second-order valence-electron chi connectivity index (χ2n) is 7.29. The van der Waals surface area contributed by atoms with Crippen LogP contribution >= 0.6 is 0 Å². The van der Waals surface area contributed by atoms with Gasteiger partial charge in [0, 0.05) is 11.8 Å². The highest BCUT2D eigenvalue weighted by Gasteiger charge is 2.52. The maximum atomic E-state index is 12.7. The molecule has 0 radical (unpaired) electrons. The van der Waals surface area contributed by atoms with E-state index in [-0.39, 0.29) is 5.82 Å². The molecule has 2 aromatic heterocycles. The number of likely N-dealkylation sites (tertiary alicyclic amines) is 1. The Morgan fingerprint density at radius 1 is 1.35 bits per heavy atom. The summed E-state index contributed by atoms with van der Waals surface area (Å²) in [5.74, 6) is 0.219. The van der Waals surface area contributed by atoms with Crippen molar-refractivity contribution in [1.82, 2.24) is 19.9 Å². The van der Waals surface area contributed by atoms with Crippen LogP contribution in [0.25, 0.3) is 11.0 Å². The van der Waals surface area contributed by atoms with Gasteiger partial charge in [-0.2, -0.15) is 0 Å². The van der Waals surface area contributed by atoms with Gasteiger partial charge in [0.05, 0.1) is 24.2 Å². The number of aromatic amines is 1. The first-order valence-electron chi connectivity index (χ1n) is 8.21. The zero-order valence-electron chi connectivity index (χ0n) is 14.7. The summed E-state index contributed by atoms with van der Waals surface area (Å²) in [6.07, 6.45) is -0.619. The van der Waals surface area contributed by atoms with Crippen molar-refractivity contribution in [3.05, 3.63) is 18.1 Å². The number of H-pyrrole nitrogens is 1. The Kier molecular flexibility index (Phi) is 4.51. The Morgan fingerprint density at radius 3 is 2.65 bits per heavy atom. The van der Waals surface area contributed by atoms with Crippen LogP contribution in [0.2, 0.25) is 0 Å². The number of carbonyl (C=O) groups excluding carboxylic acids is 1. The Morgan fingerprint density at radius 2 is 2.04 bits per heavy atom. The van der Waals surface area contributed by atoms with E-state index in [1.54, 1.807) is 27.0 Å². The molecule has 26 heavy (non-hydrogen) atoms. The molecule has 1 aliphatic heterocycles. The van der Waals surface area contributed by atoms with E-state index in [0.29, 0.717) is 16.6 Å². The van der Waals surface area contributed by atoms with Gasteiger partial charge in [-0.05, 0) is 20.8 Å². The Bertz CT molecular complexity index is 817. The smallest absolute Gasteiger partial charge is 0.411 e. The second-order valence-corrected chi connectivity index (χ2v) is 7.29. The molecule has 1 aliphatic rings. The lowest BCUT2D eigenvalue weighted by molar-refractivity contribution is -0.000805. The van der Waals surface area contributed by atoms with Crippen molar-refractivity contribution in [2.75, 3.05) is 12.3 Å². The van der Waals surface area contributed by atoms with E-state index in [1.807, 2.05) is 0 Å². The average molecular weight is 365 g/mol.